The Hall–Kier alpha value is -1.02. The number of hydrogen-bond acceptors (Lipinski definition) is 1. The highest BCUT2D eigenvalue weighted by molar-refractivity contribution is 6.20. The number of rotatable bonds is 4. The maximum Gasteiger partial charge on any atom is 0.251 e. The van der Waals surface area contributed by atoms with Crippen molar-refractivity contribution < 1.29 is 4.79 Å². The van der Waals surface area contributed by atoms with Gasteiger partial charge in [-0.15, -0.1) is 11.6 Å². The normalized spacial score (nSPS) is 12.2. The molecule has 1 rings (SSSR count). The van der Waals surface area contributed by atoms with Crippen LogP contribution in [0.3, 0.4) is 0 Å². The van der Waals surface area contributed by atoms with Crippen LogP contribution >= 0.6 is 11.6 Å². The van der Waals surface area contributed by atoms with Gasteiger partial charge in [-0.05, 0) is 32.4 Å². The third-order valence-electron chi connectivity index (χ3n) is 2.14. The van der Waals surface area contributed by atoms with Crippen LogP contribution in [0.4, 0.5) is 0 Å². The summed E-state index contributed by atoms with van der Waals surface area (Å²) < 4.78 is 0. The van der Waals surface area contributed by atoms with E-state index in [1.54, 1.807) is 0 Å². The Kier molecular flexibility index (Phi) is 4.63. The summed E-state index contributed by atoms with van der Waals surface area (Å²) in [5.41, 5.74) is 1.85. The molecule has 0 bridgehead atoms. The molecule has 1 aromatic carbocycles. The van der Waals surface area contributed by atoms with Gasteiger partial charge in [0.05, 0.1) is 0 Å². The van der Waals surface area contributed by atoms with Crippen LogP contribution in [-0.4, -0.2) is 17.8 Å². The average Bonchev–Trinajstić information content (AvgIpc) is 2.18. The standard InChI is InChI=1S/C12H16ClNO/c1-9-3-5-11(6-4-9)12(15)14-8-7-10(2)13/h3-6,10H,7-8H2,1-2H3,(H,14,15). The smallest absolute Gasteiger partial charge is 0.251 e. The lowest BCUT2D eigenvalue weighted by molar-refractivity contribution is 0.0953. The lowest BCUT2D eigenvalue weighted by Crippen LogP contribution is -2.25. The zero-order valence-corrected chi connectivity index (χ0v) is 9.84. The summed E-state index contributed by atoms with van der Waals surface area (Å²) in [5.74, 6) is -0.0349. The van der Waals surface area contributed by atoms with E-state index in [0.29, 0.717) is 12.1 Å². The summed E-state index contributed by atoms with van der Waals surface area (Å²) in [4.78, 5) is 11.6. The first kappa shape index (κ1) is 12.1. The highest BCUT2D eigenvalue weighted by Crippen LogP contribution is 2.03. The average molecular weight is 226 g/mol. The van der Waals surface area contributed by atoms with Crippen LogP contribution in [0.5, 0.6) is 0 Å². The Balaban J connectivity index is 2.43. The molecule has 0 fully saturated rings. The first-order valence-corrected chi connectivity index (χ1v) is 5.52. The van der Waals surface area contributed by atoms with Crippen molar-refractivity contribution in [2.24, 2.45) is 0 Å². The van der Waals surface area contributed by atoms with Crippen molar-refractivity contribution in [3.8, 4) is 0 Å². The quantitative estimate of drug-likeness (QED) is 0.785. The summed E-state index contributed by atoms with van der Waals surface area (Å²) in [6.45, 7) is 4.54. The summed E-state index contributed by atoms with van der Waals surface area (Å²) in [7, 11) is 0. The molecule has 1 unspecified atom stereocenters. The first-order valence-electron chi connectivity index (χ1n) is 5.08. The molecule has 0 aliphatic carbocycles. The Morgan fingerprint density at radius 2 is 2.00 bits per heavy atom. The van der Waals surface area contributed by atoms with E-state index in [4.69, 9.17) is 11.6 Å². The Morgan fingerprint density at radius 1 is 1.40 bits per heavy atom. The van der Waals surface area contributed by atoms with Crippen LogP contribution in [0.15, 0.2) is 24.3 Å². The minimum absolute atomic E-state index is 0.0349. The number of hydrogen-bond donors (Lipinski definition) is 1. The van der Waals surface area contributed by atoms with Crippen LogP contribution in [-0.2, 0) is 0 Å². The molecule has 1 aromatic rings. The molecule has 2 nitrogen and oxygen atoms in total. The molecular formula is C12H16ClNO. The Bertz CT molecular complexity index is 319. The second-order valence-corrected chi connectivity index (χ2v) is 4.44. The highest BCUT2D eigenvalue weighted by atomic mass is 35.5. The van der Waals surface area contributed by atoms with E-state index >= 15 is 0 Å². The predicted molar refractivity (Wildman–Crippen MR) is 63.4 cm³/mol. The number of nitrogens with one attached hydrogen (secondary N) is 1. The van der Waals surface area contributed by atoms with E-state index in [1.165, 1.54) is 0 Å². The van der Waals surface area contributed by atoms with Gasteiger partial charge in [0.25, 0.3) is 5.91 Å². The maximum atomic E-state index is 11.6. The van der Waals surface area contributed by atoms with Crippen LogP contribution in [0.2, 0.25) is 0 Å². The number of alkyl halides is 1. The number of halogens is 1. The monoisotopic (exact) mass is 225 g/mol. The van der Waals surface area contributed by atoms with Crippen molar-refractivity contribution >= 4 is 17.5 Å². The van der Waals surface area contributed by atoms with E-state index in [-0.39, 0.29) is 11.3 Å². The molecule has 0 aliphatic rings. The molecule has 3 heteroatoms. The first-order chi connectivity index (χ1) is 7.09. The van der Waals surface area contributed by atoms with Crippen molar-refractivity contribution in [1.82, 2.24) is 5.32 Å². The van der Waals surface area contributed by atoms with Crippen molar-refractivity contribution in [1.29, 1.82) is 0 Å². The van der Waals surface area contributed by atoms with Crippen molar-refractivity contribution in [3.05, 3.63) is 35.4 Å². The SMILES string of the molecule is Cc1ccc(C(=O)NCCC(C)Cl)cc1. The highest BCUT2D eigenvalue weighted by Gasteiger charge is 2.04. The van der Waals surface area contributed by atoms with Crippen LogP contribution in [0.25, 0.3) is 0 Å². The number of carbonyl (C=O) groups excluding carboxylic acids is 1. The molecule has 82 valence electrons. The van der Waals surface area contributed by atoms with Crippen molar-refractivity contribution in [2.75, 3.05) is 6.54 Å². The van der Waals surface area contributed by atoms with E-state index in [2.05, 4.69) is 5.32 Å². The summed E-state index contributed by atoms with van der Waals surface area (Å²) in [6.07, 6.45) is 0.791. The minimum Gasteiger partial charge on any atom is -0.352 e. The molecule has 0 radical (unpaired) electrons. The molecule has 15 heavy (non-hydrogen) atoms. The number of aryl methyl sites for hydroxylation is 1. The maximum absolute atomic E-state index is 11.6. The van der Waals surface area contributed by atoms with Crippen molar-refractivity contribution in [3.63, 3.8) is 0 Å². The summed E-state index contributed by atoms with van der Waals surface area (Å²) in [5, 5.41) is 2.93. The van der Waals surface area contributed by atoms with Crippen LogP contribution in [0, 0.1) is 6.92 Å². The summed E-state index contributed by atoms with van der Waals surface area (Å²) >= 11 is 5.78. The van der Waals surface area contributed by atoms with Gasteiger partial charge < -0.3 is 5.32 Å². The molecule has 0 aromatic heterocycles. The molecule has 0 aliphatic heterocycles. The number of carbonyl (C=O) groups is 1. The fraction of sp³-hybridized carbons (Fsp3) is 0.417. The van der Waals surface area contributed by atoms with Gasteiger partial charge in [-0.25, -0.2) is 0 Å². The second kappa shape index (κ2) is 5.76. The topological polar surface area (TPSA) is 29.1 Å². The summed E-state index contributed by atoms with van der Waals surface area (Å²) in [6, 6.07) is 7.52. The molecule has 0 saturated heterocycles. The minimum atomic E-state index is -0.0349. The lowest BCUT2D eigenvalue weighted by Gasteiger charge is -2.06. The molecule has 0 heterocycles. The number of amides is 1. The Labute approximate surface area is 95.6 Å². The third-order valence-corrected chi connectivity index (χ3v) is 2.36. The zero-order valence-electron chi connectivity index (χ0n) is 9.09. The van der Waals surface area contributed by atoms with Gasteiger partial charge in [0, 0.05) is 17.5 Å². The van der Waals surface area contributed by atoms with Gasteiger partial charge in [-0.3, -0.25) is 4.79 Å². The van der Waals surface area contributed by atoms with Crippen molar-refractivity contribution in [2.45, 2.75) is 25.6 Å². The van der Waals surface area contributed by atoms with Gasteiger partial charge in [-0.1, -0.05) is 17.7 Å². The zero-order chi connectivity index (χ0) is 11.3. The fourth-order valence-electron chi connectivity index (χ4n) is 1.19. The third kappa shape index (κ3) is 4.34. The largest absolute Gasteiger partial charge is 0.352 e. The van der Waals surface area contributed by atoms with Gasteiger partial charge in [0.1, 0.15) is 0 Å². The van der Waals surface area contributed by atoms with Gasteiger partial charge in [0.2, 0.25) is 0 Å². The lowest BCUT2D eigenvalue weighted by atomic mass is 10.1. The molecule has 0 spiro atoms. The van der Waals surface area contributed by atoms with E-state index in [1.807, 2.05) is 38.1 Å². The molecule has 1 N–H and O–H groups in total. The molecule has 0 saturated carbocycles. The van der Waals surface area contributed by atoms with Gasteiger partial charge >= 0.3 is 0 Å². The van der Waals surface area contributed by atoms with Gasteiger partial charge in [-0.2, -0.15) is 0 Å². The number of benzene rings is 1. The van der Waals surface area contributed by atoms with Gasteiger partial charge in [0.15, 0.2) is 0 Å². The van der Waals surface area contributed by atoms with Crippen LogP contribution in [0.1, 0.15) is 29.3 Å². The Morgan fingerprint density at radius 3 is 2.53 bits per heavy atom. The molecule has 1 amide bonds. The fourth-order valence-corrected chi connectivity index (χ4v) is 1.30. The van der Waals surface area contributed by atoms with E-state index in [0.717, 1.165) is 12.0 Å². The van der Waals surface area contributed by atoms with Crippen LogP contribution < -0.4 is 5.32 Å². The van der Waals surface area contributed by atoms with E-state index in [9.17, 15) is 4.79 Å². The second-order valence-electron chi connectivity index (χ2n) is 3.69. The molecular weight excluding hydrogens is 210 g/mol. The predicted octanol–water partition coefficient (Wildman–Crippen LogP) is 2.74. The van der Waals surface area contributed by atoms with E-state index < -0.39 is 0 Å². The molecule has 1 atom stereocenters.